The van der Waals surface area contributed by atoms with Gasteiger partial charge in [-0.15, -0.1) is 0 Å². The Morgan fingerprint density at radius 3 is 2.35 bits per heavy atom. The van der Waals surface area contributed by atoms with Crippen LogP contribution >= 0.6 is 0 Å². The first-order valence-electron chi connectivity index (χ1n) is 8.34. The molecular weight excluding hydrogens is 294 g/mol. The Kier molecular flexibility index (Phi) is 7.07. The van der Waals surface area contributed by atoms with Gasteiger partial charge in [-0.25, -0.2) is 9.79 Å². The van der Waals surface area contributed by atoms with Crippen LogP contribution in [0.5, 0.6) is 0 Å². The molecule has 5 nitrogen and oxygen atoms in total. The SMILES string of the molecule is CCCCOC(=O)C1OC1C(=Nc1ccccc1)OCCCC. The third kappa shape index (κ3) is 5.67. The van der Waals surface area contributed by atoms with Gasteiger partial charge in [0.1, 0.15) is 0 Å². The summed E-state index contributed by atoms with van der Waals surface area (Å²) in [5, 5.41) is 0. The molecule has 1 saturated heterocycles. The molecule has 1 heterocycles. The number of carbonyl (C=O) groups is 1. The highest BCUT2D eigenvalue weighted by Gasteiger charge is 2.51. The summed E-state index contributed by atoms with van der Waals surface area (Å²) in [6, 6.07) is 9.53. The summed E-state index contributed by atoms with van der Waals surface area (Å²) < 4.78 is 16.4. The quantitative estimate of drug-likeness (QED) is 0.229. The first-order valence-corrected chi connectivity index (χ1v) is 8.34. The number of carbonyl (C=O) groups excluding carboxylic acids is 1. The molecule has 23 heavy (non-hydrogen) atoms. The summed E-state index contributed by atoms with van der Waals surface area (Å²) in [6.45, 7) is 5.15. The zero-order valence-corrected chi connectivity index (χ0v) is 13.9. The molecule has 0 saturated carbocycles. The highest BCUT2D eigenvalue weighted by molar-refractivity contribution is 5.94. The second-order valence-corrected chi connectivity index (χ2v) is 5.49. The topological polar surface area (TPSA) is 60.4 Å². The van der Waals surface area contributed by atoms with Crippen molar-refractivity contribution in [2.24, 2.45) is 4.99 Å². The van der Waals surface area contributed by atoms with Crippen LogP contribution in [0.3, 0.4) is 0 Å². The van der Waals surface area contributed by atoms with Crippen LogP contribution in [0.15, 0.2) is 35.3 Å². The Morgan fingerprint density at radius 2 is 1.70 bits per heavy atom. The largest absolute Gasteiger partial charge is 0.479 e. The van der Waals surface area contributed by atoms with Gasteiger partial charge in [0.25, 0.3) is 0 Å². The standard InChI is InChI=1S/C18H25NO4/c1-3-5-12-21-17(19-14-10-8-7-9-11-14)15-16(23-15)18(20)22-13-6-4-2/h7-11,15-16H,3-6,12-13H2,1-2H3. The maximum absolute atomic E-state index is 11.9. The van der Waals surface area contributed by atoms with Gasteiger partial charge in [-0.05, 0) is 25.0 Å². The molecule has 1 fully saturated rings. The number of rotatable bonds is 9. The minimum absolute atomic E-state index is 0.330. The molecule has 5 heteroatoms. The molecule has 0 aliphatic carbocycles. The number of hydrogen-bond acceptors (Lipinski definition) is 5. The number of epoxide rings is 1. The molecule has 2 atom stereocenters. The minimum atomic E-state index is -0.587. The maximum atomic E-state index is 11.9. The Labute approximate surface area is 137 Å². The number of hydrogen-bond donors (Lipinski definition) is 0. The predicted octanol–water partition coefficient (Wildman–Crippen LogP) is 3.64. The summed E-state index contributed by atoms with van der Waals surface area (Å²) >= 11 is 0. The number of benzene rings is 1. The fraction of sp³-hybridized carbons (Fsp3) is 0.556. The van der Waals surface area contributed by atoms with Gasteiger partial charge < -0.3 is 14.2 Å². The zero-order valence-electron chi connectivity index (χ0n) is 13.9. The van der Waals surface area contributed by atoms with Crippen molar-refractivity contribution in [1.82, 2.24) is 0 Å². The lowest BCUT2D eigenvalue weighted by molar-refractivity contribution is -0.145. The molecule has 126 valence electrons. The van der Waals surface area contributed by atoms with E-state index in [4.69, 9.17) is 14.2 Å². The lowest BCUT2D eigenvalue weighted by Crippen LogP contribution is -2.21. The number of esters is 1. The van der Waals surface area contributed by atoms with E-state index in [1.807, 2.05) is 30.3 Å². The molecule has 0 spiro atoms. The third-order valence-corrected chi connectivity index (χ3v) is 3.45. The first-order chi connectivity index (χ1) is 11.3. The molecule has 1 aromatic rings. The van der Waals surface area contributed by atoms with Crippen molar-refractivity contribution < 1.29 is 19.0 Å². The van der Waals surface area contributed by atoms with Crippen molar-refractivity contribution in [1.29, 1.82) is 0 Å². The van der Waals surface area contributed by atoms with E-state index < -0.39 is 12.2 Å². The Hall–Kier alpha value is -1.88. The monoisotopic (exact) mass is 319 g/mol. The lowest BCUT2D eigenvalue weighted by Gasteiger charge is -2.07. The summed E-state index contributed by atoms with van der Waals surface area (Å²) in [5.41, 5.74) is 0.785. The van der Waals surface area contributed by atoms with Crippen molar-refractivity contribution in [2.45, 2.75) is 51.7 Å². The molecule has 1 aliphatic rings. The van der Waals surface area contributed by atoms with Gasteiger partial charge >= 0.3 is 5.97 Å². The highest BCUT2D eigenvalue weighted by atomic mass is 16.7. The number of aliphatic imine (C=N–C) groups is 1. The van der Waals surface area contributed by atoms with Crippen molar-refractivity contribution >= 4 is 17.6 Å². The van der Waals surface area contributed by atoms with Gasteiger partial charge in [0.2, 0.25) is 5.90 Å². The van der Waals surface area contributed by atoms with E-state index in [9.17, 15) is 4.79 Å². The molecule has 0 N–H and O–H groups in total. The number of nitrogens with zero attached hydrogens (tertiary/aromatic N) is 1. The number of para-hydroxylation sites is 1. The first kappa shape index (κ1) is 17.5. The highest BCUT2D eigenvalue weighted by Crippen LogP contribution is 2.27. The van der Waals surface area contributed by atoms with Crippen LogP contribution in [0.1, 0.15) is 39.5 Å². The summed E-state index contributed by atoms with van der Waals surface area (Å²) in [5.74, 6) is 0.130. The van der Waals surface area contributed by atoms with Gasteiger partial charge in [0.15, 0.2) is 12.2 Å². The molecule has 1 aromatic carbocycles. The summed E-state index contributed by atoms with van der Waals surface area (Å²) in [7, 11) is 0. The van der Waals surface area contributed by atoms with E-state index in [1.165, 1.54) is 0 Å². The zero-order chi connectivity index (χ0) is 16.5. The Balaban J connectivity index is 1.96. The Morgan fingerprint density at radius 1 is 1.04 bits per heavy atom. The normalized spacial score (nSPS) is 20.2. The fourth-order valence-corrected chi connectivity index (χ4v) is 2.01. The molecular formula is C18H25NO4. The van der Waals surface area contributed by atoms with E-state index in [2.05, 4.69) is 18.8 Å². The van der Waals surface area contributed by atoms with E-state index >= 15 is 0 Å². The van der Waals surface area contributed by atoms with Crippen molar-refractivity contribution in [3.8, 4) is 0 Å². The lowest BCUT2D eigenvalue weighted by atomic mass is 10.3. The van der Waals surface area contributed by atoms with Crippen LogP contribution in [-0.2, 0) is 19.0 Å². The van der Waals surface area contributed by atoms with Crippen LogP contribution in [0.25, 0.3) is 0 Å². The second-order valence-electron chi connectivity index (χ2n) is 5.49. The van der Waals surface area contributed by atoms with Crippen LogP contribution in [0, 0.1) is 0 Å². The molecule has 2 rings (SSSR count). The van der Waals surface area contributed by atoms with Crippen molar-refractivity contribution in [3.63, 3.8) is 0 Å². The van der Waals surface area contributed by atoms with Crippen LogP contribution < -0.4 is 0 Å². The van der Waals surface area contributed by atoms with E-state index in [0.29, 0.717) is 19.1 Å². The van der Waals surface area contributed by atoms with Gasteiger partial charge in [-0.3, -0.25) is 0 Å². The smallest absolute Gasteiger partial charge is 0.338 e. The van der Waals surface area contributed by atoms with Gasteiger partial charge in [0, 0.05) is 0 Å². The Bertz CT molecular complexity index is 515. The van der Waals surface area contributed by atoms with Crippen molar-refractivity contribution in [3.05, 3.63) is 30.3 Å². The average molecular weight is 319 g/mol. The summed E-state index contributed by atoms with van der Waals surface area (Å²) in [4.78, 5) is 16.4. The molecule has 1 aliphatic heterocycles. The van der Waals surface area contributed by atoms with Crippen LogP contribution in [0.2, 0.25) is 0 Å². The number of unbranched alkanes of at least 4 members (excludes halogenated alkanes) is 2. The van der Waals surface area contributed by atoms with Gasteiger partial charge in [0.05, 0.1) is 18.9 Å². The van der Waals surface area contributed by atoms with Crippen LogP contribution in [0.4, 0.5) is 5.69 Å². The second kappa shape index (κ2) is 9.30. The predicted molar refractivity (Wildman–Crippen MR) is 88.9 cm³/mol. The molecule has 0 radical (unpaired) electrons. The fourth-order valence-electron chi connectivity index (χ4n) is 2.01. The molecule has 0 aromatic heterocycles. The minimum Gasteiger partial charge on any atom is -0.479 e. The van der Waals surface area contributed by atoms with Gasteiger partial charge in [-0.1, -0.05) is 44.9 Å². The number of ether oxygens (including phenoxy) is 3. The molecule has 0 amide bonds. The van der Waals surface area contributed by atoms with E-state index in [-0.39, 0.29) is 5.97 Å². The maximum Gasteiger partial charge on any atom is 0.338 e. The molecule has 2 unspecified atom stereocenters. The molecule has 0 bridgehead atoms. The van der Waals surface area contributed by atoms with E-state index in [0.717, 1.165) is 31.4 Å². The van der Waals surface area contributed by atoms with E-state index in [1.54, 1.807) is 0 Å². The average Bonchev–Trinajstić information content (AvgIpc) is 3.36. The van der Waals surface area contributed by atoms with Crippen LogP contribution in [-0.4, -0.2) is 37.3 Å². The van der Waals surface area contributed by atoms with Crippen molar-refractivity contribution in [2.75, 3.05) is 13.2 Å². The van der Waals surface area contributed by atoms with Gasteiger partial charge in [-0.2, -0.15) is 0 Å². The third-order valence-electron chi connectivity index (χ3n) is 3.45. The summed E-state index contributed by atoms with van der Waals surface area (Å²) in [6.07, 6.45) is 2.81.